The fraction of sp³-hybridized carbons (Fsp3) is 0.692. The van der Waals surface area contributed by atoms with Gasteiger partial charge in [-0.05, 0) is 54.8 Å². The van der Waals surface area contributed by atoms with E-state index >= 15 is 0 Å². The molecule has 0 aromatic carbocycles. The highest BCUT2D eigenvalue weighted by Gasteiger charge is 2.20. The van der Waals surface area contributed by atoms with Gasteiger partial charge in [-0.25, -0.2) is 0 Å². The fourth-order valence-electron chi connectivity index (χ4n) is 2.75. The first-order valence-electron chi connectivity index (χ1n) is 7.26. The maximum atomic E-state index is 4.32. The first kappa shape index (κ1) is 13.2. The van der Waals surface area contributed by atoms with E-state index in [0.717, 1.165) is 18.3 Å². The molecule has 3 rings (SSSR count). The molecule has 0 spiro atoms. The summed E-state index contributed by atoms with van der Waals surface area (Å²) in [6, 6.07) is 4.28. The van der Waals surface area contributed by atoms with Crippen LogP contribution in [0.15, 0.2) is 12.1 Å². The third kappa shape index (κ3) is 2.87. The monoisotopic (exact) mass is 275 g/mol. The van der Waals surface area contributed by atoms with E-state index in [2.05, 4.69) is 44.7 Å². The van der Waals surface area contributed by atoms with Gasteiger partial charge >= 0.3 is 0 Å². The topological polar surface area (TPSA) is 71.2 Å². The van der Waals surface area contributed by atoms with Gasteiger partial charge < -0.3 is 5.32 Å². The van der Waals surface area contributed by atoms with Crippen molar-refractivity contribution in [3.8, 4) is 0 Å². The van der Waals surface area contributed by atoms with Crippen LogP contribution in [0.1, 0.15) is 26.7 Å². The Morgan fingerprint density at radius 3 is 3.20 bits per heavy atom. The fourth-order valence-corrected chi connectivity index (χ4v) is 2.75. The van der Waals surface area contributed by atoms with Gasteiger partial charge in [0.1, 0.15) is 5.82 Å². The van der Waals surface area contributed by atoms with E-state index < -0.39 is 0 Å². The van der Waals surface area contributed by atoms with Crippen molar-refractivity contribution in [2.45, 2.75) is 32.7 Å². The van der Waals surface area contributed by atoms with E-state index in [0.29, 0.717) is 11.7 Å². The normalized spacial score (nSPS) is 22.0. The highest BCUT2D eigenvalue weighted by molar-refractivity contribution is 5.42. The Morgan fingerprint density at radius 2 is 2.35 bits per heavy atom. The molecule has 0 aliphatic carbocycles. The Bertz CT molecular complexity index is 567. The van der Waals surface area contributed by atoms with Crippen molar-refractivity contribution < 1.29 is 0 Å². The first-order valence-corrected chi connectivity index (χ1v) is 7.26. The second-order valence-electron chi connectivity index (χ2n) is 5.72. The van der Waals surface area contributed by atoms with Crippen molar-refractivity contribution in [3.05, 3.63) is 12.1 Å². The molecule has 3 heterocycles. The predicted octanol–water partition coefficient (Wildman–Crippen LogP) is 1.05. The van der Waals surface area contributed by atoms with Gasteiger partial charge in [0.15, 0.2) is 5.65 Å². The summed E-state index contributed by atoms with van der Waals surface area (Å²) in [5.41, 5.74) is 0.661. The van der Waals surface area contributed by atoms with Crippen LogP contribution >= 0.6 is 0 Å². The van der Waals surface area contributed by atoms with Crippen LogP contribution in [0, 0.1) is 5.92 Å². The quantitative estimate of drug-likeness (QED) is 0.899. The highest BCUT2D eigenvalue weighted by Crippen LogP contribution is 2.17. The van der Waals surface area contributed by atoms with E-state index in [1.165, 1.54) is 30.6 Å². The smallest absolute Gasteiger partial charge is 0.200 e. The van der Waals surface area contributed by atoms with Crippen LogP contribution in [-0.4, -0.2) is 55.8 Å². The number of nitrogens with zero attached hydrogens (tertiary/aromatic N) is 6. The molecule has 2 aromatic heterocycles. The molecule has 0 amide bonds. The molecule has 20 heavy (non-hydrogen) atoms. The lowest BCUT2D eigenvalue weighted by atomic mass is 9.99. The molecule has 2 atom stereocenters. The van der Waals surface area contributed by atoms with E-state index in [4.69, 9.17) is 0 Å². The summed E-state index contributed by atoms with van der Waals surface area (Å²) in [5.74, 6) is 1.61. The molecule has 2 unspecified atom stereocenters. The van der Waals surface area contributed by atoms with Crippen molar-refractivity contribution in [3.63, 3.8) is 0 Å². The molecule has 1 N–H and O–H groups in total. The SMILES string of the molecule is CC1CCCN(C(C)CNc2ccc3nnnn3n2)C1. The molecule has 1 fully saturated rings. The summed E-state index contributed by atoms with van der Waals surface area (Å²) in [5, 5.41) is 18.9. The number of fused-ring (bicyclic) bond motifs is 1. The van der Waals surface area contributed by atoms with E-state index in [-0.39, 0.29) is 0 Å². The lowest BCUT2D eigenvalue weighted by molar-refractivity contribution is 0.144. The number of piperidine rings is 1. The van der Waals surface area contributed by atoms with Crippen molar-refractivity contribution in [2.24, 2.45) is 5.92 Å². The number of rotatable bonds is 4. The number of tetrazole rings is 1. The Hall–Kier alpha value is -1.76. The molecule has 2 aromatic rings. The van der Waals surface area contributed by atoms with Crippen LogP contribution in [0.4, 0.5) is 5.82 Å². The zero-order valence-corrected chi connectivity index (χ0v) is 12.0. The Kier molecular flexibility index (Phi) is 3.77. The maximum Gasteiger partial charge on any atom is 0.200 e. The van der Waals surface area contributed by atoms with Crippen molar-refractivity contribution in [1.82, 2.24) is 30.2 Å². The van der Waals surface area contributed by atoms with Gasteiger partial charge in [0.25, 0.3) is 0 Å². The van der Waals surface area contributed by atoms with Crippen molar-refractivity contribution in [2.75, 3.05) is 25.0 Å². The lowest BCUT2D eigenvalue weighted by Gasteiger charge is -2.35. The Labute approximate surface area is 118 Å². The molecular weight excluding hydrogens is 254 g/mol. The van der Waals surface area contributed by atoms with E-state index in [1.807, 2.05) is 12.1 Å². The third-order valence-corrected chi connectivity index (χ3v) is 3.96. The summed E-state index contributed by atoms with van der Waals surface area (Å²) in [6.45, 7) is 7.88. The largest absolute Gasteiger partial charge is 0.367 e. The van der Waals surface area contributed by atoms with Gasteiger partial charge in [-0.15, -0.1) is 14.8 Å². The summed E-state index contributed by atoms with van der Waals surface area (Å²) in [6.07, 6.45) is 2.66. The zero-order valence-electron chi connectivity index (χ0n) is 12.0. The number of nitrogens with one attached hydrogen (secondary N) is 1. The highest BCUT2D eigenvalue weighted by atomic mass is 15.6. The minimum atomic E-state index is 0.504. The van der Waals surface area contributed by atoms with Gasteiger partial charge in [-0.3, -0.25) is 4.90 Å². The number of likely N-dealkylation sites (tertiary alicyclic amines) is 1. The Morgan fingerprint density at radius 1 is 1.45 bits per heavy atom. The van der Waals surface area contributed by atoms with Crippen LogP contribution in [0.5, 0.6) is 0 Å². The van der Waals surface area contributed by atoms with E-state index in [1.54, 1.807) is 0 Å². The van der Waals surface area contributed by atoms with Gasteiger partial charge in [0.05, 0.1) is 0 Å². The van der Waals surface area contributed by atoms with Gasteiger partial charge in [0, 0.05) is 19.1 Å². The standard InChI is InChI=1S/C13H21N7/c1-10-4-3-7-19(9-10)11(2)8-14-12-5-6-13-15-17-18-20(13)16-12/h5-6,10-11H,3-4,7-9H2,1-2H3,(H,14,16). The molecule has 108 valence electrons. The summed E-state index contributed by atoms with van der Waals surface area (Å²) < 4.78 is 1.44. The Balaban J connectivity index is 1.57. The molecule has 1 saturated heterocycles. The molecule has 0 bridgehead atoms. The summed E-state index contributed by atoms with van der Waals surface area (Å²) >= 11 is 0. The second kappa shape index (κ2) is 5.70. The maximum absolute atomic E-state index is 4.32. The van der Waals surface area contributed by atoms with E-state index in [9.17, 15) is 0 Å². The third-order valence-electron chi connectivity index (χ3n) is 3.96. The molecule has 1 aliphatic rings. The minimum Gasteiger partial charge on any atom is -0.367 e. The number of hydrogen-bond acceptors (Lipinski definition) is 6. The number of aromatic nitrogens is 5. The van der Waals surface area contributed by atoms with Gasteiger partial charge in [0.2, 0.25) is 0 Å². The van der Waals surface area contributed by atoms with Crippen LogP contribution < -0.4 is 5.32 Å². The van der Waals surface area contributed by atoms with Crippen LogP contribution in [0.3, 0.4) is 0 Å². The average Bonchev–Trinajstić information content (AvgIpc) is 2.92. The summed E-state index contributed by atoms with van der Waals surface area (Å²) in [7, 11) is 0. The lowest BCUT2D eigenvalue weighted by Crippen LogP contribution is -2.43. The molecule has 7 nitrogen and oxygen atoms in total. The van der Waals surface area contributed by atoms with Crippen LogP contribution in [-0.2, 0) is 0 Å². The number of hydrogen-bond donors (Lipinski definition) is 1. The second-order valence-corrected chi connectivity index (χ2v) is 5.72. The summed E-state index contributed by atoms with van der Waals surface area (Å²) in [4.78, 5) is 2.55. The number of anilines is 1. The average molecular weight is 275 g/mol. The van der Waals surface area contributed by atoms with Crippen molar-refractivity contribution in [1.29, 1.82) is 0 Å². The van der Waals surface area contributed by atoms with Gasteiger partial charge in [-0.1, -0.05) is 6.92 Å². The minimum absolute atomic E-state index is 0.504. The molecular formula is C13H21N7. The molecule has 1 aliphatic heterocycles. The van der Waals surface area contributed by atoms with Crippen molar-refractivity contribution >= 4 is 11.5 Å². The first-order chi connectivity index (χ1) is 9.72. The molecule has 7 heteroatoms. The molecule has 0 saturated carbocycles. The van der Waals surface area contributed by atoms with Crippen LogP contribution in [0.2, 0.25) is 0 Å². The predicted molar refractivity (Wildman–Crippen MR) is 76.5 cm³/mol. The van der Waals surface area contributed by atoms with Crippen LogP contribution in [0.25, 0.3) is 5.65 Å². The molecule has 0 radical (unpaired) electrons. The zero-order chi connectivity index (χ0) is 13.9. The van der Waals surface area contributed by atoms with Gasteiger partial charge in [-0.2, -0.15) is 0 Å².